The van der Waals surface area contributed by atoms with Gasteiger partial charge in [-0.2, -0.15) is 0 Å². The first-order valence-electron chi connectivity index (χ1n) is 5.75. The molecule has 1 aromatic carbocycles. The molecule has 1 heterocycles. The highest BCUT2D eigenvalue weighted by molar-refractivity contribution is 5.88. The van der Waals surface area contributed by atoms with E-state index in [9.17, 15) is 4.79 Å². The zero-order chi connectivity index (χ0) is 13.1. The minimum Gasteiger partial charge on any atom is -0.493 e. The molecule has 0 amide bonds. The van der Waals surface area contributed by atoms with Crippen LogP contribution in [0.2, 0.25) is 0 Å². The Bertz CT molecular complexity index is 598. The maximum atomic E-state index is 10.8. The lowest BCUT2D eigenvalue weighted by molar-refractivity contribution is -0.132. The van der Waals surface area contributed by atoms with Crippen molar-refractivity contribution in [3.05, 3.63) is 42.6 Å². The van der Waals surface area contributed by atoms with E-state index in [2.05, 4.69) is 6.58 Å². The second-order valence-electron chi connectivity index (χ2n) is 3.97. The van der Waals surface area contributed by atoms with E-state index < -0.39 is 5.97 Å². The van der Waals surface area contributed by atoms with Crippen molar-refractivity contribution >= 4 is 16.9 Å². The fourth-order valence-corrected chi connectivity index (χ4v) is 1.89. The van der Waals surface area contributed by atoms with Crippen LogP contribution in [0, 0.1) is 0 Å². The van der Waals surface area contributed by atoms with Crippen molar-refractivity contribution in [3.63, 3.8) is 0 Å². The zero-order valence-electron chi connectivity index (χ0n) is 10.2. The van der Waals surface area contributed by atoms with Crippen molar-refractivity contribution in [2.24, 2.45) is 0 Å². The van der Waals surface area contributed by atoms with Gasteiger partial charge < -0.3 is 14.4 Å². The number of ether oxygens (including phenoxy) is 1. The van der Waals surface area contributed by atoms with Crippen molar-refractivity contribution in [2.45, 2.75) is 13.5 Å². The summed E-state index contributed by atoms with van der Waals surface area (Å²) in [6.07, 6.45) is 1.85. The fourth-order valence-electron chi connectivity index (χ4n) is 1.89. The molecule has 94 valence electrons. The van der Waals surface area contributed by atoms with E-state index in [1.807, 2.05) is 42.0 Å². The number of rotatable bonds is 5. The Hall–Kier alpha value is -2.23. The standard InChI is InChI=1S/C14H15NO3/c1-3-18-13-6-4-5-12-11(13)7-8-15(12)9-10(2)14(16)17/h4-8H,2-3,9H2,1H3,(H,16,17). The summed E-state index contributed by atoms with van der Waals surface area (Å²) in [7, 11) is 0. The highest BCUT2D eigenvalue weighted by atomic mass is 16.5. The smallest absolute Gasteiger partial charge is 0.332 e. The quantitative estimate of drug-likeness (QED) is 0.824. The lowest BCUT2D eigenvalue weighted by atomic mass is 10.2. The zero-order valence-corrected chi connectivity index (χ0v) is 10.2. The predicted molar refractivity (Wildman–Crippen MR) is 69.9 cm³/mol. The van der Waals surface area contributed by atoms with Crippen LogP contribution in [0.1, 0.15) is 6.92 Å². The first-order chi connectivity index (χ1) is 8.63. The third kappa shape index (κ3) is 2.22. The van der Waals surface area contributed by atoms with E-state index in [1.54, 1.807) is 0 Å². The van der Waals surface area contributed by atoms with Gasteiger partial charge in [0.15, 0.2) is 0 Å². The van der Waals surface area contributed by atoms with E-state index in [0.717, 1.165) is 16.7 Å². The van der Waals surface area contributed by atoms with Crippen LogP contribution in [-0.4, -0.2) is 22.2 Å². The van der Waals surface area contributed by atoms with Crippen molar-refractivity contribution < 1.29 is 14.6 Å². The molecular formula is C14H15NO3. The van der Waals surface area contributed by atoms with Gasteiger partial charge in [-0.25, -0.2) is 4.79 Å². The second-order valence-corrected chi connectivity index (χ2v) is 3.97. The fraction of sp³-hybridized carbons (Fsp3) is 0.214. The van der Waals surface area contributed by atoms with Crippen LogP contribution in [-0.2, 0) is 11.3 Å². The summed E-state index contributed by atoms with van der Waals surface area (Å²) in [6.45, 7) is 6.35. The van der Waals surface area contributed by atoms with Gasteiger partial charge in [0, 0.05) is 17.2 Å². The lowest BCUT2D eigenvalue weighted by Gasteiger charge is -2.07. The summed E-state index contributed by atoms with van der Waals surface area (Å²) in [6, 6.07) is 7.66. The van der Waals surface area contributed by atoms with Gasteiger partial charge in [-0.1, -0.05) is 12.6 Å². The van der Waals surface area contributed by atoms with Gasteiger partial charge >= 0.3 is 5.97 Å². The summed E-state index contributed by atoms with van der Waals surface area (Å²) in [4.78, 5) is 10.8. The van der Waals surface area contributed by atoms with E-state index in [0.29, 0.717) is 6.61 Å². The number of nitrogens with zero attached hydrogens (tertiary/aromatic N) is 1. The Morgan fingerprint density at radius 1 is 1.44 bits per heavy atom. The number of hydrogen-bond donors (Lipinski definition) is 1. The molecule has 4 heteroatoms. The number of aromatic nitrogens is 1. The molecule has 0 bridgehead atoms. The average Bonchev–Trinajstić information content (AvgIpc) is 2.74. The topological polar surface area (TPSA) is 51.5 Å². The van der Waals surface area contributed by atoms with Crippen LogP contribution < -0.4 is 4.74 Å². The number of fused-ring (bicyclic) bond motifs is 1. The number of carbonyl (C=O) groups is 1. The van der Waals surface area contributed by atoms with Gasteiger partial charge in [-0.15, -0.1) is 0 Å². The summed E-state index contributed by atoms with van der Waals surface area (Å²) in [5.74, 6) is -0.160. The lowest BCUT2D eigenvalue weighted by Crippen LogP contribution is -2.07. The van der Waals surface area contributed by atoms with Crippen LogP contribution in [0.4, 0.5) is 0 Å². The minimum absolute atomic E-state index is 0.161. The Morgan fingerprint density at radius 2 is 2.22 bits per heavy atom. The van der Waals surface area contributed by atoms with Gasteiger partial charge in [-0.05, 0) is 25.1 Å². The minimum atomic E-state index is -0.974. The van der Waals surface area contributed by atoms with Gasteiger partial charge in [0.25, 0.3) is 0 Å². The monoisotopic (exact) mass is 245 g/mol. The molecule has 2 aromatic rings. The van der Waals surface area contributed by atoms with Gasteiger partial charge in [0.05, 0.1) is 18.7 Å². The molecule has 2 rings (SSSR count). The third-order valence-corrected chi connectivity index (χ3v) is 2.74. The molecule has 1 aromatic heterocycles. The molecule has 0 radical (unpaired) electrons. The first-order valence-corrected chi connectivity index (χ1v) is 5.75. The largest absolute Gasteiger partial charge is 0.493 e. The summed E-state index contributed by atoms with van der Waals surface area (Å²) >= 11 is 0. The van der Waals surface area contributed by atoms with Crippen molar-refractivity contribution in [1.29, 1.82) is 0 Å². The summed E-state index contributed by atoms with van der Waals surface area (Å²) < 4.78 is 7.39. The number of hydrogen-bond acceptors (Lipinski definition) is 2. The average molecular weight is 245 g/mol. The number of aliphatic carboxylic acids is 1. The first kappa shape index (κ1) is 12.2. The highest BCUT2D eigenvalue weighted by Gasteiger charge is 2.09. The van der Waals surface area contributed by atoms with Gasteiger partial charge in [0.2, 0.25) is 0 Å². The SMILES string of the molecule is C=C(Cn1ccc2c(OCC)cccc21)C(=O)O. The molecule has 0 spiro atoms. The third-order valence-electron chi connectivity index (χ3n) is 2.74. The molecule has 0 saturated heterocycles. The molecule has 0 aliphatic heterocycles. The molecule has 4 nitrogen and oxygen atoms in total. The molecule has 1 N–H and O–H groups in total. The van der Waals surface area contributed by atoms with Gasteiger partial charge in [0.1, 0.15) is 5.75 Å². The molecule has 0 saturated carbocycles. The van der Waals surface area contributed by atoms with E-state index in [1.165, 1.54) is 0 Å². The Kier molecular flexibility index (Phi) is 3.37. The van der Waals surface area contributed by atoms with E-state index in [4.69, 9.17) is 9.84 Å². The van der Waals surface area contributed by atoms with Crippen molar-refractivity contribution in [1.82, 2.24) is 4.57 Å². The summed E-state index contributed by atoms with van der Waals surface area (Å²) in [5, 5.41) is 9.84. The predicted octanol–water partition coefficient (Wildman–Crippen LogP) is 2.68. The maximum Gasteiger partial charge on any atom is 0.332 e. The highest BCUT2D eigenvalue weighted by Crippen LogP contribution is 2.26. The van der Waals surface area contributed by atoms with Crippen LogP contribution in [0.25, 0.3) is 10.9 Å². The van der Waals surface area contributed by atoms with Crippen LogP contribution in [0.15, 0.2) is 42.6 Å². The molecule has 0 unspecified atom stereocenters. The maximum absolute atomic E-state index is 10.8. The number of carboxylic acid groups (broad SMARTS) is 1. The molecule has 0 aliphatic carbocycles. The van der Waals surface area contributed by atoms with Crippen molar-refractivity contribution in [2.75, 3.05) is 6.61 Å². The Labute approximate surface area is 105 Å². The normalized spacial score (nSPS) is 10.5. The van der Waals surface area contributed by atoms with E-state index >= 15 is 0 Å². The van der Waals surface area contributed by atoms with E-state index in [-0.39, 0.29) is 12.1 Å². The molecule has 18 heavy (non-hydrogen) atoms. The Morgan fingerprint density at radius 3 is 2.89 bits per heavy atom. The van der Waals surface area contributed by atoms with Crippen molar-refractivity contribution in [3.8, 4) is 5.75 Å². The second kappa shape index (κ2) is 4.96. The van der Waals surface area contributed by atoms with Crippen LogP contribution in [0.3, 0.4) is 0 Å². The molecule has 0 atom stereocenters. The Balaban J connectivity index is 2.39. The summed E-state index contributed by atoms with van der Waals surface area (Å²) in [5.41, 5.74) is 1.11. The molecular weight excluding hydrogens is 230 g/mol. The molecule has 0 aliphatic rings. The number of benzene rings is 1. The van der Waals surface area contributed by atoms with Gasteiger partial charge in [-0.3, -0.25) is 0 Å². The molecule has 0 fully saturated rings. The number of carboxylic acids is 1. The van der Waals surface area contributed by atoms with Crippen LogP contribution in [0.5, 0.6) is 5.75 Å². The van der Waals surface area contributed by atoms with Crippen LogP contribution >= 0.6 is 0 Å².